The zero-order valence-corrected chi connectivity index (χ0v) is 24.7. The number of anilines is 3. The van der Waals surface area contributed by atoms with Crippen molar-refractivity contribution >= 4 is 17.1 Å². The summed E-state index contributed by atoms with van der Waals surface area (Å²) >= 11 is 0. The highest BCUT2D eigenvalue weighted by Gasteiger charge is 2.41. The van der Waals surface area contributed by atoms with E-state index in [9.17, 15) is 0 Å². The maximum Gasteiger partial charge on any atom is 0.0465 e. The SMILES string of the molecule is Cc1ccc(N(c2ccc(C)cc2)c2ccc3c(c2)C(C)(C)c2cc4c(cc2-3)C(C)(C)c2cc(C)ccc2-4)cc1. The smallest absolute Gasteiger partial charge is 0.0465 e. The quantitative estimate of drug-likeness (QED) is 0.229. The van der Waals surface area contributed by atoms with E-state index in [1.165, 1.54) is 78.3 Å². The number of hydrogen-bond acceptors (Lipinski definition) is 1. The Labute approximate surface area is 239 Å². The third-order valence-corrected chi connectivity index (χ3v) is 9.45. The van der Waals surface area contributed by atoms with Crippen LogP contribution in [-0.2, 0) is 10.8 Å². The number of rotatable bonds is 3. The Morgan fingerprint density at radius 3 is 1.25 bits per heavy atom. The average Bonchev–Trinajstić information content (AvgIpc) is 3.29. The van der Waals surface area contributed by atoms with E-state index in [2.05, 4.69) is 150 Å². The minimum Gasteiger partial charge on any atom is -0.310 e. The molecular formula is C39H37N. The van der Waals surface area contributed by atoms with Gasteiger partial charge in [-0.1, -0.05) is 92.9 Å². The molecule has 0 amide bonds. The van der Waals surface area contributed by atoms with Crippen molar-refractivity contribution in [3.63, 3.8) is 0 Å². The van der Waals surface area contributed by atoms with Crippen molar-refractivity contribution in [2.75, 3.05) is 4.90 Å². The molecule has 1 heteroatoms. The third kappa shape index (κ3) is 3.53. The molecule has 0 unspecified atom stereocenters. The van der Waals surface area contributed by atoms with Crippen LogP contribution in [0.2, 0.25) is 0 Å². The fraction of sp³-hybridized carbons (Fsp3) is 0.231. The molecule has 198 valence electrons. The van der Waals surface area contributed by atoms with Crippen LogP contribution < -0.4 is 4.90 Å². The predicted octanol–water partition coefficient (Wildman–Crippen LogP) is 10.7. The summed E-state index contributed by atoms with van der Waals surface area (Å²) in [5.41, 5.74) is 18.6. The molecule has 0 heterocycles. The molecule has 0 saturated carbocycles. The summed E-state index contributed by atoms with van der Waals surface area (Å²) in [4.78, 5) is 2.39. The van der Waals surface area contributed by atoms with Crippen LogP contribution in [0.4, 0.5) is 17.1 Å². The Hall–Kier alpha value is -4.10. The topological polar surface area (TPSA) is 3.24 Å². The first-order valence-corrected chi connectivity index (χ1v) is 14.4. The van der Waals surface area contributed by atoms with Gasteiger partial charge in [0.25, 0.3) is 0 Å². The van der Waals surface area contributed by atoms with Crippen molar-refractivity contribution < 1.29 is 0 Å². The van der Waals surface area contributed by atoms with Crippen LogP contribution in [0.15, 0.2) is 97.1 Å². The highest BCUT2D eigenvalue weighted by molar-refractivity contribution is 5.91. The molecule has 0 atom stereocenters. The summed E-state index contributed by atoms with van der Waals surface area (Å²) in [5, 5.41) is 0. The van der Waals surface area contributed by atoms with E-state index < -0.39 is 0 Å². The fourth-order valence-electron chi connectivity index (χ4n) is 7.04. The van der Waals surface area contributed by atoms with E-state index in [4.69, 9.17) is 0 Å². The van der Waals surface area contributed by atoms with Crippen molar-refractivity contribution in [2.24, 2.45) is 0 Å². The lowest BCUT2D eigenvalue weighted by molar-refractivity contribution is 0.652. The molecular weight excluding hydrogens is 482 g/mol. The maximum atomic E-state index is 2.50. The molecule has 0 radical (unpaired) electrons. The van der Waals surface area contributed by atoms with Gasteiger partial charge in [0.2, 0.25) is 0 Å². The van der Waals surface area contributed by atoms with Gasteiger partial charge in [-0.3, -0.25) is 0 Å². The van der Waals surface area contributed by atoms with E-state index in [-0.39, 0.29) is 10.8 Å². The highest BCUT2D eigenvalue weighted by atomic mass is 15.1. The van der Waals surface area contributed by atoms with Gasteiger partial charge in [0.15, 0.2) is 0 Å². The molecule has 5 aromatic carbocycles. The van der Waals surface area contributed by atoms with Crippen molar-refractivity contribution in [1.29, 1.82) is 0 Å². The Balaban J connectivity index is 1.39. The average molecular weight is 520 g/mol. The van der Waals surface area contributed by atoms with E-state index in [1.54, 1.807) is 0 Å². The third-order valence-electron chi connectivity index (χ3n) is 9.45. The summed E-state index contributed by atoms with van der Waals surface area (Å²) in [6.07, 6.45) is 0. The van der Waals surface area contributed by atoms with Gasteiger partial charge < -0.3 is 4.90 Å². The number of fused-ring (bicyclic) bond motifs is 6. The second kappa shape index (κ2) is 8.45. The zero-order valence-electron chi connectivity index (χ0n) is 24.7. The number of benzene rings is 5. The van der Waals surface area contributed by atoms with E-state index >= 15 is 0 Å². The van der Waals surface area contributed by atoms with Gasteiger partial charge in [-0.25, -0.2) is 0 Å². The lowest BCUT2D eigenvalue weighted by atomic mass is 9.79. The first kappa shape index (κ1) is 24.9. The molecule has 40 heavy (non-hydrogen) atoms. The van der Waals surface area contributed by atoms with Gasteiger partial charge in [0, 0.05) is 27.9 Å². The molecule has 0 bridgehead atoms. The lowest BCUT2D eigenvalue weighted by Gasteiger charge is -2.28. The van der Waals surface area contributed by atoms with Gasteiger partial charge in [-0.15, -0.1) is 0 Å². The number of aryl methyl sites for hydroxylation is 3. The van der Waals surface area contributed by atoms with Crippen LogP contribution in [0, 0.1) is 20.8 Å². The molecule has 0 aliphatic heterocycles. The Kier molecular flexibility index (Phi) is 5.26. The molecule has 0 saturated heterocycles. The van der Waals surface area contributed by atoms with Crippen LogP contribution in [0.1, 0.15) is 66.6 Å². The van der Waals surface area contributed by atoms with E-state index in [0.29, 0.717) is 0 Å². The summed E-state index contributed by atoms with van der Waals surface area (Å²) in [5.74, 6) is 0. The van der Waals surface area contributed by atoms with Gasteiger partial charge in [0.1, 0.15) is 0 Å². The first-order chi connectivity index (χ1) is 19.1. The van der Waals surface area contributed by atoms with Crippen molar-refractivity contribution in [3.8, 4) is 22.3 Å². The van der Waals surface area contributed by atoms with Crippen molar-refractivity contribution in [1.82, 2.24) is 0 Å². The van der Waals surface area contributed by atoms with Crippen LogP contribution in [0.25, 0.3) is 22.3 Å². The standard InChI is InChI=1S/C39H37N/c1-24-8-13-27(14-9-24)40(28-15-10-25(2)11-16-28)29-17-19-31-33-23-36-32(22-37(33)39(6,7)35(31)21-29)30-18-12-26(3)20-34(30)38(36,4)5/h8-23H,1-7H3. The second-order valence-electron chi connectivity index (χ2n) is 13.0. The minimum atomic E-state index is -0.0977. The monoisotopic (exact) mass is 519 g/mol. The zero-order chi connectivity index (χ0) is 28.0. The Morgan fingerprint density at radius 2 is 0.750 bits per heavy atom. The number of hydrogen-bond donors (Lipinski definition) is 0. The molecule has 0 N–H and O–H groups in total. The number of nitrogens with zero attached hydrogens (tertiary/aromatic N) is 1. The van der Waals surface area contributed by atoms with Gasteiger partial charge in [-0.05, 0) is 114 Å². The van der Waals surface area contributed by atoms with Crippen LogP contribution in [0.3, 0.4) is 0 Å². The largest absolute Gasteiger partial charge is 0.310 e. The lowest BCUT2D eigenvalue weighted by Crippen LogP contribution is -2.17. The molecule has 0 spiro atoms. The Morgan fingerprint density at radius 1 is 0.375 bits per heavy atom. The van der Waals surface area contributed by atoms with Gasteiger partial charge in [-0.2, -0.15) is 0 Å². The summed E-state index contributed by atoms with van der Waals surface area (Å²) in [6.45, 7) is 16.1. The van der Waals surface area contributed by atoms with E-state index in [0.717, 1.165) is 0 Å². The Bertz CT molecular complexity index is 1750. The summed E-state index contributed by atoms with van der Waals surface area (Å²) in [6, 6.07) is 36.8. The van der Waals surface area contributed by atoms with Gasteiger partial charge >= 0.3 is 0 Å². The molecule has 1 nitrogen and oxygen atoms in total. The molecule has 2 aliphatic rings. The minimum absolute atomic E-state index is 0.00770. The molecule has 0 fully saturated rings. The molecule has 2 aliphatic carbocycles. The summed E-state index contributed by atoms with van der Waals surface area (Å²) in [7, 11) is 0. The van der Waals surface area contributed by atoms with Crippen molar-refractivity contribution in [2.45, 2.75) is 59.3 Å². The van der Waals surface area contributed by atoms with Crippen molar-refractivity contribution in [3.05, 3.63) is 136 Å². The molecule has 0 aromatic heterocycles. The summed E-state index contributed by atoms with van der Waals surface area (Å²) < 4.78 is 0. The molecule has 7 rings (SSSR count). The first-order valence-electron chi connectivity index (χ1n) is 14.4. The second-order valence-corrected chi connectivity index (χ2v) is 13.0. The maximum absolute atomic E-state index is 2.50. The van der Waals surface area contributed by atoms with Crippen LogP contribution >= 0.6 is 0 Å². The fourth-order valence-corrected chi connectivity index (χ4v) is 7.04. The van der Waals surface area contributed by atoms with Gasteiger partial charge in [0.05, 0.1) is 0 Å². The van der Waals surface area contributed by atoms with Crippen LogP contribution in [0.5, 0.6) is 0 Å². The molecule has 5 aromatic rings. The normalized spacial score (nSPS) is 15.3. The predicted molar refractivity (Wildman–Crippen MR) is 170 cm³/mol. The highest BCUT2D eigenvalue weighted by Crippen LogP contribution is 2.56. The van der Waals surface area contributed by atoms with E-state index in [1.807, 2.05) is 0 Å². The van der Waals surface area contributed by atoms with Crippen LogP contribution in [-0.4, -0.2) is 0 Å².